The Morgan fingerprint density at radius 3 is 1.94 bits per heavy atom. The summed E-state index contributed by atoms with van der Waals surface area (Å²) >= 11 is 0. The average Bonchev–Trinajstić information content (AvgIpc) is 2.91. The van der Waals surface area contributed by atoms with Crippen molar-refractivity contribution in [1.82, 2.24) is 20.3 Å². The van der Waals surface area contributed by atoms with Gasteiger partial charge < -0.3 is 20.5 Å². The van der Waals surface area contributed by atoms with E-state index < -0.39 is 0 Å². The Morgan fingerprint density at radius 1 is 0.676 bits per heavy atom. The number of nitrogens with zero attached hydrogens (tertiary/aromatic N) is 3. The van der Waals surface area contributed by atoms with Crippen LogP contribution in [-0.4, -0.2) is 54.4 Å². The van der Waals surface area contributed by atoms with E-state index in [0.29, 0.717) is 26.4 Å². The van der Waals surface area contributed by atoms with Crippen molar-refractivity contribution in [2.45, 2.75) is 0 Å². The standard InChI is InChI=1S/C27H29N5O2/c28-11-14-29-15-16-33-17-18-34-23-9-7-21(8-10-23)22-19-26(24-5-1-3-12-30-24)32-27(20-22)25-6-2-4-13-31-25/h1-10,12-13,19-20,29H,11,14-18,28H2. The number of pyridine rings is 3. The van der Waals surface area contributed by atoms with Crippen molar-refractivity contribution in [2.24, 2.45) is 5.73 Å². The summed E-state index contributed by atoms with van der Waals surface area (Å²) in [5.41, 5.74) is 10.8. The minimum Gasteiger partial charge on any atom is -0.491 e. The number of hydrogen-bond acceptors (Lipinski definition) is 7. The van der Waals surface area contributed by atoms with E-state index in [0.717, 1.165) is 52.7 Å². The van der Waals surface area contributed by atoms with Gasteiger partial charge in [0, 0.05) is 32.0 Å². The maximum Gasteiger partial charge on any atom is 0.119 e. The predicted molar refractivity (Wildman–Crippen MR) is 134 cm³/mol. The molecule has 0 radical (unpaired) electrons. The Kier molecular flexibility index (Phi) is 8.68. The molecule has 0 saturated carbocycles. The predicted octanol–water partition coefficient (Wildman–Crippen LogP) is 3.82. The van der Waals surface area contributed by atoms with Crippen molar-refractivity contribution in [3.63, 3.8) is 0 Å². The van der Waals surface area contributed by atoms with Gasteiger partial charge in [0.2, 0.25) is 0 Å². The van der Waals surface area contributed by atoms with Gasteiger partial charge in [-0.1, -0.05) is 24.3 Å². The number of aromatic nitrogens is 3. The van der Waals surface area contributed by atoms with Gasteiger partial charge in [-0.2, -0.15) is 0 Å². The normalized spacial score (nSPS) is 10.9. The van der Waals surface area contributed by atoms with E-state index in [1.54, 1.807) is 12.4 Å². The molecule has 3 N–H and O–H groups in total. The van der Waals surface area contributed by atoms with E-state index >= 15 is 0 Å². The summed E-state index contributed by atoms with van der Waals surface area (Å²) in [5.74, 6) is 0.803. The quantitative estimate of drug-likeness (QED) is 0.314. The zero-order chi connectivity index (χ0) is 23.4. The van der Waals surface area contributed by atoms with Gasteiger partial charge in [-0.05, 0) is 59.7 Å². The van der Waals surface area contributed by atoms with Crippen LogP contribution in [0.4, 0.5) is 0 Å². The molecular formula is C27H29N5O2. The van der Waals surface area contributed by atoms with Gasteiger partial charge in [0.1, 0.15) is 12.4 Å². The summed E-state index contributed by atoms with van der Waals surface area (Å²) < 4.78 is 11.4. The van der Waals surface area contributed by atoms with Gasteiger partial charge in [-0.25, -0.2) is 4.98 Å². The van der Waals surface area contributed by atoms with Crippen molar-refractivity contribution >= 4 is 0 Å². The first-order valence-corrected chi connectivity index (χ1v) is 11.4. The van der Waals surface area contributed by atoms with Gasteiger partial charge in [0.25, 0.3) is 0 Å². The summed E-state index contributed by atoms with van der Waals surface area (Å²) in [6.45, 7) is 3.90. The summed E-state index contributed by atoms with van der Waals surface area (Å²) in [6, 6.07) is 23.8. The molecule has 7 nitrogen and oxygen atoms in total. The number of nitrogens with two attached hydrogens (primary N) is 1. The number of nitrogens with one attached hydrogen (secondary N) is 1. The van der Waals surface area contributed by atoms with Gasteiger partial charge in [-0.15, -0.1) is 0 Å². The zero-order valence-corrected chi connectivity index (χ0v) is 19.1. The fourth-order valence-electron chi connectivity index (χ4n) is 3.42. The van der Waals surface area contributed by atoms with Crippen LogP contribution < -0.4 is 15.8 Å². The van der Waals surface area contributed by atoms with Crippen molar-refractivity contribution in [1.29, 1.82) is 0 Å². The van der Waals surface area contributed by atoms with E-state index in [4.69, 9.17) is 20.2 Å². The van der Waals surface area contributed by atoms with Crippen LogP contribution in [0.5, 0.6) is 5.75 Å². The first-order valence-electron chi connectivity index (χ1n) is 11.4. The van der Waals surface area contributed by atoms with Crippen LogP contribution >= 0.6 is 0 Å². The highest BCUT2D eigenvalue weighted by Crippen LogP contribution is 2.29. The molecule has 7 heteroatoms. The van der Waals surface area contributed by atoms with Crippen LogP contribution in [-0.2, 0) is 4.74 Å². The molecule has 3 aromatic heterocycles. The van der Waals surface area contributed by atoms with Gasteiger partial charge in [0.15, 0.2) is 0 Å². The number of benzene rings is 1. The minimum absolute atomic E-state index is 0.499. The molecule has 0 bridgehead atoms. The number of hydrogen-bond donors (Lipinski definition) is 2. The molecule has 0 saturated heterocycles. The molecule has 0 spiro atoms. The highest BCUT2D eigenvalue weighted by atomic mass is 16.5. The average molecular weight is 456 g/mol. The lowest BCUT2D eigenvalue weighted by Gasteiger charge is -2.11. The van der Waals surface area contributed by atoms with Gasteiger partial charge in [-0.3, -0.25) is 9.97 Å². The smallest absolute Gasteiger partial charge is 0.119 e. The Labute approximate surface area is 200 Å². The molecular weight excluding hydrogens is 426 g/mol. The van der Waals surface area contributed by atoms with Gasteiger partial charge in [0.05, 0.1) is 36.0 Å². The molecule has 0 amide bonds. The Hall–Kier alpha value is -3.65. The highest BCUT2D eigenvalue weighted by Gasteiger charge is 2.10. The van der Waals surface area contributed by atoms with Crippen molar-refractivity contribution in [2.75, 3.05) is 39.5 Å². The molecule has 4 aromatic rings. The molecule has 0 aliphatic rings. The second kappa shape index (κ2) is 12.6. The van der Waals surface area contributed by atoms with Crippen LogP contribution in [0.1, 0.15) is 0 Å². The van der Waals surface area contributed by atoms with Crippen molar-refractivity contribution < 1.29 is 9.47 Å². The minimum atomic E-state index is 0.499. The highest BCUT2D eigenvalue weighted by molar-refractivity contribution is 5.74. The van der Waals surface area contributed by atoms with E-state index in [2.05, 4.69) is 27.4 Å². The monoisotopic (exact) mass is 455 g/mol. The van der Waals surface area contributed by atoms with E-state index in [-0.39, 0.29) is 0 Å². The third kappa shape index (κ3) is 6.68. The summed E-state index contributed by atoms with van der Waals surface area (Å²) in [7, 11) is 0. The lowest BCUT2D eigenvalue weighted by Crippen LogP contribution is -2.26. The maximum atomic E-state index is 5.81. The summed E-state index contributed by atoms with van der Waals surface area (Å²) in [5, 5.41) is 3.19. The molecule has 174 valence electrons. The molecule has 4 rings (SSSR count). The number of ether oxygens (including phenoxy) is 2. The van der Waals surface area contributed by atoms with Crippen LogP contribution in [0.25, 0.3) is 33.9 Å². The molecule has 34 heavy (non-hydrogen) atoms. The molecule has 0 fully saturated rings. The molecule has 3 heterocycles. The first kappa shape index (κ1) is 23.5. The van der Waals surface area contributed by atoms with E-state index in [9.17, 15) is 0 Å². The van der Waals surface area contributed by atoms with Gasteiger partial charge >= 0.3 is 0 Å². The Bertz CT molecular complexity index is 1080. The molecule has 0 unspecified atom stereocenters. The molecule has 0 aliphatic heterocycles. The summed E-state index contributed by atoms with van der Waals surface area (Å²) in [4.78, 5) is 13.8. The second-order valence-electron chi connectivity index (χ2n) is 7.58. The maximum absolute atomic E-state index is 5.81. The lowest BCUT2D eigenvalue weighted by atomic mass is 10.0. The van der Waals surface area contributed by atoms with Crippen LogP contribution in [0.3, 0.4) is 0 Å². The zero-order valence-electron chi connectivity index (χ0n) is 19.1. The molecule has 1 aromatic carbocycles. The first-order chi connectivity index (χ1) is 16.8. The second-order valence-corrected chi connectivity index (χ2v) is 7.58. The largest absolute Gasteiger partial charge is 0.491 e. The van der Waals surface area contributed by atoms with Crippen molar-refractivity contribution in [3.05, 3.63) is 85.2 Å². The third-order valence-electron chi connectivity index (χ3n) is 5.11. The molecule has 0 atom stereocenters. The SMILES string of the molecule is NCCNCCOCCOc1ccc(-c2cc(-c3ccccn3)nc(-c3ccccn3)c2)cc1. The van der Waals surface area contributed by atoms with Crippen LogP contribution in [0.15, 0.2) is 85.2 Å². The van der Waals surface area contributed by atoms with E-state index in [1.807, 2.05) is 60.7 Å². The number of rotatable bonds is 12. The topological polar surface area (TPSA) is 95.2 Å². The van der Waals surface area contributed by atoms with Crippen molar-refractivity contribution in [3.8, 4) is 39.7 Å². The fourth-order valence-corrected chi connectivity index (χ4v) is 3.42. The fraction of sp³-hybridized carbons (Fsp3) is 0.222. The van der Waals surface area contributed by atoms with E-state index in [1.165, 1.54) is 0 Å². The summed E-state index contributed by atoms with van der Waals surface area (Å²) in [6.07, 6.45) is 3.55. The third-order valence-corrected chi connectivity index (χ3v) is 5.11. The van der Waals surface area contributed by atoms with Crippen LogP contribution in [0.2, 0.25) is 0 Å². The Morgan fingerprint density at radius 2 is 1.35 bits per heavy atom. The Balaban J connectivity index is 1.46. The lowest BCUT2D eigenvalue weighted by molar-refractivity contribution is 0.102. The molecule has 0 aliphatic carbocycles. The van der Waals surface area contributed by atoms with Crippen LogP contribution in [0, 0.1) is 0 Å².